The van der Waals surface area contributed by atoms with Crippen molar-refractivity contribution in [3.8, 4) is 0 Å². The molecule has 0 N–H and O–H groups in total. The first-order valence-corrected chi connectivity index (χ1v) is 6.82. The summed E-state index contributed by atoms with van der Waals surface area (Å²) < 4.78 is 26.6. The van der Waals surface area contributed by atoms with E-state index in [0.29, 0.717) is 6.54 Å². The normalized spacial score (nSPS) is 13.6. The van der Waals surface area contributed by atoms with Crippen LogP contribution in [0.2, 0.25) is 0 Å². The third-order valence-electron chi connectivity index (χ3n) is 3.86. The molecule has 1 unspecified atom stereocenters. The minimum atomic E-state index is -1.05. The van der Waals surface area contributed by atoms with Crippen LogP contribution in [0.15, 0.2) is 18.2 Å². The van der Waals surface area contributed by atoms with Crippen LogP contribution in [0.3, 0.4) is 0 Å². The van der Waals surface area contributed by atoms with E-state index in [2.05, 4.69) is 32.6 Å². The summed E-state index contributed by atoms with van der Waals surface area (Å²) in [6.07, 6.45) is 0.178. The number of rotatable bonds is 5. The molecule has 0 saturated heterocycles. The van der Waals surface area contributed by atoms with E-state index in [0.717, 1.165) is 6.07 Å². The van der Waals surface area contributed by atoms with Crippen LogP contribution < -0.4 is 0 Å². The highest BCUT2D eigenvalue weighted by molar-refractivity contribution is 5.96. The van der Waals surface area contributed by atoms with Crippen molar-refractivity contribution >= 4 is 5.78 Å². The Hall–Kier alpha value is -1.29. The fourth-order valence-electron chi connectivity index (χ4n) is 1.99. The topological polar surface area (TPSA) is 20.3 Å². The van der Waals surface area contributed by atoms with Gasteiger partial charge < -0.3 is 4.90 Å². The molecule has 0 spiro atoms. The zero-order valence-corrected chi connectivity index (χ0v) is 12.8. The van der Waals surface area contributed by atoms with Gasteiger partial charge in [-0.15, -0.1) is 0 Å². The van der Waals surface area contributed by atoms with Crippen molar-refractivity contribution in [3.05, 3.63) is 35.4 Å². The lowest BCUT2D eigenvalue weighted by atomic mass is 9.87. The summed E-state index contributed by atoms with van der Waals surface area (Å²) in [6.45, 7) is 8.99. The van der Waals surface area contributed by atoms with E-state index in [1.165, 1.54) is 12.1 Å². The lowest BCUT2D eigenvalue weighted by Gasteiger charge is -2.35. The lowest BCUT2D eigenvalue weighted by Crippen LogP contribution is -2.40. The third-order valence-corrected chi connectivity index (χ3v) is 3.86. The Labute approximate surface area is 119 Å². The Morgan fingerprint density at radius 2 is 1.90 bits per heavy atom. The summed E-state index contributed by atoms with van der Waals surface area (Å²) in [4.78, 5) is 14.0. The average molecular weight is 283 g/mol. The Kier molecular flexibility index (Phi) is 5.40. The van der Waals surface area contributed by atoms with Crippen LogP contribution in [-0.4, -0.2) is 30.3 Å². The van der Waals surface area contributed by atoms with Gasteiger partial charge >= 0.3 is 0 Å². The van der Waals surface area contributed by atoms with Crippen molar-refractivity contribution in [1.29, 1.82) is 0 Å². The van der Waals surface area contributed by atoms with Crippen molar-refractivity contribution < 1.29 is 13.6 Å². The first-order chi connectivity index (χ1) is 9.14. The number of hydrogen-bond acceptors (Lipinski definition) is 2. The molecule has 0 aromatic heterocycles. The van der Waals surface area contributed by atoms with Crippen molar-refractivity contribution in [3.63, 3.8) is 0 Å². The molecule has 112 valence electrons. The molecule has 0 saturated carbocycles. The highest BCUT2D eigenvalue weighted by atomic mass is 19.2. The molecule has 0 amide bonds. The number of carbonyl (C=O) groups is 1. The van der Waals surface area contributed by atoms with Gasteiger partial charge in [-0.1, -0.05) is 26.8 Å². The molecular formula is C16H23F2NO. The van der Waals surface area contributed by atoms with Crippen molar-refractivity contribution in [2.24, 2.45) is 5.41 Å². The second kappa shape index (κ2) is 6.44. The second-order valence-electron chi connectivity index (χ2n) is 6.30. The molecule has 0 aliphatic heterocycles. The number of ketones is 1. The van der Waals surface area contributed by atoms with E-state index in [4.69, 9.17) is 0 Å². The monoisotopic (exact) mass is 283 g/mol. The lowest BCUT2D eigenvalue weighted by molar-refractivity contribution is 0.0923. The van der Waals surface area contributed by atoms with Crippen LogP contribution in [0.25, 0.3) is 0 Å². The predicted octanol–water partition coefficient (Wildman–Crippen LogP) is 3.90. The molecule has 4 heteroatoms. The van der Waals surface area contributed by atoms with Crippen LogP contribution >= 0.6 is 0 Å². The SMILES string of the molecule is CC(N(C)CCC(=O)c1cccc(F)c1F)C(C)(C)C. The van der Waals surface area contributed by atoms with Gasteiger partial charge in [0.25, 0.3) is 0 Å². The van der Waals surface area contributed by atoms with Crippen LogP contribution in [0.5, 0.6) is 0 Å². The highest BCUT2D eigenvalue weighted by Crippen LogP contribution is 2.23. The number of benzene rings is 1. The Bertz CT molecular complexity index is 480. The van der Waals surface area contributed by atoms with Gasteiger partial charge in [0.1, 0.15) is 0 Å². The van der Waals surface area contributed by atoms with Gasteiger partial charge in [-0.05, 0) is 31.5 Å². The van der Waals surface area contributed by atoms with Crippen LogP contribution in [0.1, 0.15) is 44.5 Å². The first kappa shape index (κ1) is 16.8. The fraction of sp³-hybridized carbons (Fsp3) is 0.562. The summed E-state index contributed by atoms with van der Waals surface area (Å²) in [7, 11) is 1.94. The van der Waals surface area contributed by atoms with Gasteiger partial charge in [0, 0.05) is 19.0 Å². The Morgan fingerprint density at radius 1 is 1.30 bits per heavy atom. The van der Waals surface area contributed by atoms with Gasteiger partial charge in [0.05, 0.1) is 5.56 Å². The van der Waals surface area contributed by atoms with E-state index in [9.17, 15) is 13.6 Å². The van der Waals surface area contributed by atoms with Gasteiger partial charge in [-0.25, -0.2) is 8.78 Å². The van der Waals surface area contributed by atoms with Crippen molar-refractivity contribution in [2.75, 3.05) is 13.6 Å². The van der Waals surface area contributed by atoms with Crippen LogP contribution in [0, 0.1) is 17.0 Å². The number of Topliss-reactive ketones (excluding diaryl/α,β-unsaturated/α-hetero) is 1. The van der Waals surface area contributed by atoms with E-state index in [-0.39, 0.29) is 29.2 Å². The largest absolute Gasteiger partial charge is 0.303 e. The molecule has 1 aromatic rings. The minimum absolute atomic E-state index is 0.0991. The molecule has 0 bridgehead atoms. The quantitative estimate of drug-likeness (QED) is 0.764. The Morgan fingerprint density at radius 3 is 2.45 bits per heavy atom. The summed E-state index contributed by atoms with van der Waals surface area (Å²) in [6, 6.07) is 3.98. The zero-order valence-electron chi connectivity index (χ0n) is 12.8. The first-order valence-electron chi connectivity index (χ1n) is 6.82. The summed E-state index contributed by atoms with van der Waals surface area (Å²) in [5.74, 6) is -2.40. The summed E-state index contributed by atoms with van der Waals surface area (Å²) in [5.41, 5.74) is -0.0659. The van der Waals surface area contributed by atoms with Crippen molar-refractivity contribution in [1.82, 2.24) is 4.90 Å². The van der Waals surface area contributed by atoms with E-state index < -0.39 is 11.6 Å². The molecule has 0 aliphatic carbocycles. The molecule has 0 heterocycles. The number of halogens is 2. The number of hydrogen-bond donors (Lipinski definition) is 0. The fourth-order valence-corrected chi connectivity index (χ4v) is 1.99. The summed E-state index contributed by atoms with van der Waals surface area (Å²) in [5, 5.41) is 0. The van der Waals surface area contributed by atoms with Crippen molar-refractivity contribution in [2.45, 2.75) is 40.2 Å². The molecule has 2 nitrogen and oxygen atoms in total. The predicted molar refractivity (Wildman–Crippen MR) is 76.9 cm³/mol. The van der Waals surface area contributed by atoms with Gasteiger partial charge in [0.2, 0.25) is 0 Å². The van der Waals surface area contributed by atoms with E-state index >= 15 is 0 Å². The van der Waals surface area contributed by atoms with E-state index in [1.54, 1.807) is 0 Å². The molecule has 0 aliphatic rings. The maximum absolute atomic E-state index is 13.5. The average Bonchev–Trinajstić information content (AvgIpc) is 2.36. The molecular weight excluding hydrogens is 260 g/mol. The minimum Gasteiger partial charge on any atom is -0.303 e. The Balaban J connectivity index is 2.66. The maximum atomic E-state index is 13.5. The number of nitrogens with zero attached hydrogens (tertiary/aromatic N) is 1. The molecule has 0 fully saturated rings. The molecule has 1 rings (SSSR count). The molecule has 1 aromatic carbocycles. The zero-order chi connectivity index (χ0) is 15.5. The van der Waals surface area contributed by atoms with Gasteiger partial charge in [-0.2, -0.15) is 0 Å². The van der Waals surface area contributed by atoms with Crippen LogP contribution in [-0.2, 0) is 0 Å². The van der Waals surface area contributed by atoms with E-state index in [1.807, 2.05) is 7.05 Å². The standard InChI is InChI=1S/C16H23F2NO/c1-11(16(2,3)4)19(5)10-9-14(20)12-7-6-8-13(17)15(12)18/h6-8,11H,9-10H2,1-5H3. The maximum Gasteiger partial charge on any atom is 0.169 e. The highest BCUT2D eigenvalue weighted by Gasteiger charge is 2.24. The third kappa shape index (κ3) is 4.10. The molecule has 0 radical (unpaired) electrons. The second-order valence-corrected chi connectivity index (χ2v) is 6.30. The smallest absolute Gasteiger partial charge is 0.169 e. The molecule has 1 atom stereocenters. The van der Waals surface area contributed by atoms with Crippen LogP contribution in [0.4, 0.5) is 8.78 Å². The van der Waals surface area contributed by atoms with Gasteiger partial charge in [-0.3, -0.25) is 4.79 Å². The number of carbonyl (C=O) groups excluding carboxylic acids is 1. The summed E-state index contributed by atoms with van der Waals surface area (Å²) >= 11 is 0. The molecule has 20 heavy (non-hydrogen) atoms. The van der Waals surface area contributed by atoms with Gasteiger partial charge in [0.15, 0.2) is 17.4 Å².